The minimum atomic E-state index is -1.12. The number of carbonyl (C=O) groups excluding carboxylic acids is 1. The molecule has 1 N–H and O–H groups in total. The van der Waals surface area contributed by atoms with Gasteiger partial charge in [0.05, 0.1) is 21.1 Å². The average molecular weight is 201 g/mol. The molecule has 0 radical (unpaired) electrons. The SMILES string of the molecule is C[N+](C)(C)[C@H]1CCC[C@H](C(=O)[O-])[C@@H]1O. The van der Waals surface area contributed by atoms with Crippen LogP contribution in [0.25, 0.3) is 0 Å². The molecule has 0 bridgehead atoms. The van der Waals surface area contributed by atoms with Crippen LogP contribution in [0.1, 0.15) is 19.3 Å². The van der Waals surface area contributed by atoms with Crippen molar-refractivity contribution in [3.63, 3.8) is 0 Å². The summed E-state index contributed by atoms with van der Waals surface area (Å²) in [6.45, 7) is 0. The van der Waals surface area contributed by atoms with E-state index in [-0.39, 0.29) is 6.04 Å². The second-order valence-corrected chi connectivity index (χ2v) is 5.03. The third-order valence-electron chi connectivity index (χ3n) is 3.12. The molecule has 0 aromatic heterocycles. The first kappa shape index (κ1) is 11.5. The van der Waals surface area contributed by atoms with E-state index in [1.54, 1.807) is 0 Å². The van der Waals surface area contributed by atoms with Crippen LogP contribution in [-0.4, -0.2) is 48.8 Å². The lowest BCUT2D eigenvalue weighted by molar-refractivity contribution is -0.901. The molecule has 4 heteroatoms. The van der Waals surface area contributed by atoms with Gasteiger partial charge in [0.15, 0.2) is 0 Å². The molecule has 1 fully saturated rings. The zero-order chi connectivity index (χ0) is 10.9. The lowest BCUT2D eigenvalue weighted by Gasteiger charge is -2.43. The van der Waals surface area contributed by atoms with Crippen LogP contribution in [0.3, 0.4) is 0 Å². The van der Waals surface area contributed by atoms with Gasteiger partial charge < -0.3 is 19.5 Å². The van der Waals surface area contributed by atoms with Gasteiger partial charge >= 0.3 is 0 Å². The maximum atomic E-state index is 10.8. The smallest absolute Gasteiger partial charge is 0.115 e. The molecule has 0 aromatic rings. The number of carboxylic acid groups (broad SMARTS) is 1. The highest BCUT2D eigenvalue weighted by molar-refractivity contribution is 5.68. The van der Waals surface area contributed by atoms with Crippen molar-refractivity contribution in [1.82, 2.24) is 0 Å². The highest BCUT2D eigenvalue weighted by Gasteiger charge is 2.39. The highest BCUT2D eigenvalue weighted by atomic mass is 16.4. The van der Waals surface area contributed by atoms with Gasteiger partial charge in [-0.05, 0) is 12.8 Å². The number of aliphatic hydroxyl groups excluding tert-OH is 1. The minimum absolute atomic E-state index is 0.00616. The number of carboxylic acids is 1. The molecule has 3 atom stereocenters. The second-order valence-electron chi connectivity index (χ2n) is 5.03. The van der Waals surface area contributed by atoms with Crippen molar-refractivity contribution in [3.8, 4) is 0 Å². The van der Waals surface area contributed by atoms with E-state index in [9.17, 15) is 15.0 Å². The van der Waals surface area contributed by atoms with Gasteiger partial charge in [0, 0.05) is 18.3 Å². The van der Waals surface area contributed by atoms with Gasteiger partial charge in [-0.15, -0.1) is 0 Å². The Labute approximate surface area is 84.7 Å². The van der Waals surface area contributed by atoms with Crippen LogP contribution in [0, 0.1) is 5.92 Å². The number of aliphatic hydroxyl groups is 1. The first-order valence-electron chi connectivity index (χ1n) is 5.04. The number of aliphatic carboxylic acids is 1. The van der Waals surface area contributed by atoms with Crippen molar-refractivity contribution in [2.75, 3.05) is 21.1 Å². The van der Waals surface area contributed by atoms with E-state index in [2.05, 4.69) is 0 Å². The Bertz CT molecular complexity index is 222. The van der Waals surface area contributed by atoms with Gasteiger partial charge in [-0.1, -0.05) is 0 Å². The predicted octanol–water partition coefficient (Wildman–Crippen LogP) is -1.03. The summed E-state index contributed by atoms with van der Waals surface area (Å²) in [5, 5.41) is 20.7. The Kier molecular flexibility index (Phi) is 3.17. The standard InChI is InChI=1S/C10H19NO3/c1-11(2,3)8-6-4-5-7(9(8)12)10(13)14/h7-9,12H,4-6H2,1-3H3/t7-,8-,9-/m0/s1. The van der Waals surface area contributed by atoms with Crippen molar-refractivity contribution in [1.29, 1.82) is 0 Å². The second kappa shape index (κ2) is 3.87. The first-order chi connectivity index (χ1) is 6.34. The summed E-state index contributed by atoms with van der Waals surface area (Å²) in [4.78, 5) is 10.8. The number of quaternary nitrogens is 1. The lowest BCUT2D eigenvalue weighted by Crippen LogP contribution is -2.58. The van der Waals surface area contributed by atoms with Crippen LogP contribution in [-0.2, 0) is 4.79 Å². The Morgan fingerprint density at radius 2 is 1.93 bits per heavy atom. The summed E-state index contributed by atoms with van der Waals surface area (Å²) in [6.07, 6.45) is 1.51. The van der Waals surface area contributed by atoms with E-state index in [4.69, 9.17) is 0 Å². The summed E-state index contributed by atoms with van der Waals surface area (Å²) in [5.74, 6) is -1.80. The van der Waals surface area contributed by atoms with Crippen LogP contribution < -0.4 is 5.11 Å². The minimum Gasteiger partial charge on any atom is -0.550 e. The number of rotatable bonds is 2. The zero-order valence-corrected chi connectivity index (χ0v) is 9.06. The van der Waals surface area contributed by atoms with Crippen molar-refractivity contribution < 1.29 is 19.5 Å². The fourth-order valence-corrected chi connectivity index (χ4v) is 2.26. The van der Waals surface area contributed by atoms with Crippen LogP contribution >= 0.6 is 0 Å². The molecule has 82 valence electrons. The summed E-state index contributed by atoms with van der Waals surface area (Å²) >= 11 is 0. The summed E-state index contributed by atoms with van der Waals surface area (Å²) in [6, 6.07) is 0.00616. The van der Waals surface area contributed by atoms with Gasteiger partial charge in [0.2, 0.25) is 0 Å². The maximum Gasteiger partial charge on any atom is 0.115 e. The van der Waals surface area contributed by atoms with Crippen LogP contribution in [0.2, 0.25) is 0 Å². The quantitative estimate of drug-likeness (QED) is 0.581. The number of likely N-dealkylation sites (N-methyl/N-ethyl adjacent to an activating group) is 1. The van der Waals surface area contributed by atoms with Gasteiger partial charge in [-0.25, -0.2) is 0 Å². The Morgan fingerprint density at radius 1 is 1.36 bits per heavy atom. The van der Waals surface area contributed by atoms with Crippen LogP contribution in [0.5, 0.6) is 0 Å². The van der Waals surface area contributed by atoms with E-state index in [1.807, 2.05) is 21.1 Å². The largest absolute Gasteiger partial charge is 0.550 e. The molecule has 14 heavy (non-hydrogen) atoms. The van der Waals surface area contributed by atoms with E-state index in [1.165, 1.54) is 0 Å². The molecule has 4 nitrogen and oxygen atoms in total. The Balaban J connectivity index is 2.76. The van der Waals surface area contributed by atoms with Crippen molar-refractivity contribution >= 4 is 5.97 Å². The van der Waals surface area contributed by atoms with E-state index >= 15 is 0 Å². The van der Waals surface area contributed by atoms with Crippen LogP contribution in [0.4, 0.5) is 0 Å². The molecule has 0 amide bonds. The maximum absolute atomic E-state index is 10.8. The lowest BCUT2D eigenvalue weighted by atomic mass is 9.82. The average Bonchev–Trinajstić information content (AvgIpc) is 2.01. The third kappa shape index (κ3) is 2.25. The zero-order valence-electron chi connectivity index (χ0n) is 9.06. The Morgan fingerprint density at radius 3 is 2.36 bits per heavy atom. The number of nitrogens with zero attached hydrogens (tertiary/aromatic N) is 1. The summed E-state index contributed by atoms with van der Waals surface area (Å²) in [7, 11) is 5.93. The predicted molar refractivity (Wildman–Crippen MR) is 50.2 cm³/mol. The number of carbonyl (C=O) groups is 1. The van der Waals surface area contributed by atoms with Gasteiger partial charge in [0.1, 0.15) is 12.1 Å². The van der Waals surface area contributed by atoms with Gasteiger partial charge in [0.25, 0.3) is 0 Å². The molecular formula is C10H19NO3. The first-order valence-corrected chi connectivity index (χ1v) is 5.04. The normalized spacial score (nSPS) is 34.1. The molecule has 0 heterocycles. The molecule has 0 aromatic carbocycles. The molecular weight excluding hydrogens is 182 g/mol. The number of hydrogen-bond acceptors (Lipinski definition) is 3. The molecule has 0 spiro atoms. The fraction of sp³-hybridized carbons (Fsp3) is 0.900. The summed E-state index contributed by atoms with van der Waals surface area (Å²) < 4.78 is 0.602. The topological polar surface area (TPSA) is 60.4 Å². The summed E-state index contributed by atoms with van der Waals surface area (Å²) in [5.41, 5.74) is 0. The van der Waals surface area contributed by atoms with E-state index in [0.29, 0.717) is 10.9 Å². The van der Waals surface area contributed by atoms with Crippen molar-refractivity contribution in [2.45, 2.75) is 31.4 Å². The molecule has 0 saturated heterocycles. The molecule has 1 rings (SSSR count). The van der Waals surface area contributed by atoms with Crippen LogP contribution in [0.15, 0.2) is 0 Å². The van der Waals surface area contributed by atoms with E-state index in [0.717, 1.165) is 12.8 Å². The van der Waals surface area contributed by atoms with Gasteiger partial charge in [-0.2, -0.15) is 0 Å². The molecule has 1 saturated carbocycles. The number of hydrogen-bond donors (Lipinski definition) is 1. The van der Waals surface area contributed by atoms with Gasteiger partial charge in [-0.3, -0.25) is 0 Å². The highest BCUT2D eigenvalue weighted by Crippen LogP contribution is 2.29. The fourth-order valence-electron chi connectivity index (χ4n) is 2.26. The molecule has 0 unspecified atom stereocenters. The molecule has 1 aliphatic carbocycles. The van der Waals surface area contributed by atoms with Crippen molar-refractivity contribution in [3.05, 3.63) is 0 Å². The van der Waals surface area contributed by atoms with Crippen molar-refractivity contribution in [2.24, 2.45) is 5.92 Å². The Hall–Kier alpha value is -0.610. The monoisotopic (exact) mass is 201 g/mol. The third-order valence-corrected chi connectivity index (χ3v) is 3.12. The molecule has 1 aliphatic rings. The molecule has 0 aliphatic heterocycles. The van der Waals surface area contributed by atoms with E-state index < -0.39 is 18.0 Å².